The lowest BCUT2D eigenvalue weighted by Crippen LogP contribution is -2.17. The van der Waals surface area contributed by atoms with Gasteiger partial charge in [0.25, 0.3) is 0 Å². The van der Waals surface area contributed by atoms with Crippen LogP contribution in [0, 0.1) is 5.92 Å². The van der Waals surface area contributed by atoms with Crippen molar-refractivity contribution < 1.29 is 14.3 Å². The zero-order valence-electron chi connectivity index (χ0n) is 11.5. The lowest BCUT2D eigenvalue weighted by atomic mass is 10.2. The number of amides is 1. The largest absolute Gasteiger partial charge is 0.458 e. The monoisotopic (exact) mass is 252 g/mol. The Balaban J connectivity index is 2.82. The Kier molecular flexibility index (Phi) is 4.53. The van der Waals surface area contributed by atoms with Crippen molar-refractivity contribution in [3.63, 3.8) is 0 Å². The van der Waals surface area contributed by atoms with Gasteiger partial charge < -0.3 is 14.6 Å². The van der Waals surface area contributed by atoms with E-state index in [1.165, 1.54) is 0 Å². The van der Waals surface area contributed by atoms with Crippen molar-refractivity contribution in [2.24, 2.45) is 13.0 Å². The lowest BCUT2D eigenvalue weighted by molar-refractivity contribution is -0.118. The molecule has 18 heavy (non-hydrogen) atoms. The second-order valence-corrected chi connectivity index (χ2v) is 4.82. The van der Waals surface area contributed by atoms with Crippen LogP contribution in [0.2, 0.25) is 0 Å². The van der Waals surface area contributed by atoms with Crippen LogP contribution in [0.15, 0.2) is 12.3 Å². The van der Waals surface area contributed by atoms with Gasteiger partial charge in [-0.2, -0.15) is 0 Å². The molecule has 0 saturated heterocycles. The van der Waals surface area contributed by atoms with Crippen molar-refractivity contribution in [2.75, 3.05) is 5.32 Å². The van der Waals surface area contributed by atoms with Crippen LogP contribution >= 0.6 is 0 Å². The Labute approximate surface area is 107 Å². The first-order chi connectivity index (χ1) is 8.31. The Hall–Kier alpha value is -1.78. The molecule has 0 bridgehead atoms. The molecule has 1 heterocycles. The molecule has 0 radical (unpaired) electrons. The Bertz CT molecular complexity index is 447. The Morgan fingerprint density at radius 1 is 1.28 bits per heavy atom. The maximum Gasteiger partial charge on any atom is 0.355 e. The van der Waals surface area contributed by atoms with E-state index in [0.717, 1.165) is 0 Å². The standard InChI is InChI=1S/C13H20N2O3/c1-8(2)12(16)14-10-6-11(15(5)7-10)13(17)18-9(3)4/h6-9H,1-5H3,(H,14,16). The van der Waals surface area contributed by atoms with Crippen LogP contribution in [-0.2, 0) is 16.6 Å². The van der Waals surface area contributed by atoms with Crippen LogP contribution < -0.4 is 5.32 Å². The van der Waals surface area contributed by atoms with E-state index in [2.05, 4.69) is 5.32 Å². The van der Waals surface area contributed by atoms with Crippen molar-refractivity contribution in [1.82, 2.24) is 4.57 Å². The first-order valence-corrected chi connectivity index (χ1v) is 5.99. The number of anilines is 1. The van der Waals surface area contributed by atoms with E-state index in [0.29, 0.717) is 11.4 Å². The number of hydrogen-bond acceptors (Lipinski definition) is 3. The minimum absolute atomic E-state index is 0.0793. The van der Waals surface area contributed by atoms with E-state index in [1.807, 2.05) is 13.8 Å². The minimum Gasteiger partial charge on any atom is -0.458 e. The van der Waals surface area contributed by atoms with Crippen LogP contribution in [0.3, 0.4) is 0 Å². The molecule has 0 atom stereocenters. The van der Waals surface area contributed by atoms with Crippen LogP contribution in [0.1, 0.15) is 38.2 Å². The first kappa shape index (κ1) is 14.3. The fraction of sp³-hybridized carbons (Fsp3) is 0.538. The van der Waals surface area contributed by atoms with Gasteiger partial charge in [0.1, 0.15) is 5.69 Å². The third kappa shape index (κ3) is 3.61. The topological polar surface area (TPSA) is 60.3 Å². The van der Waals surface area contributed by atoms with Crippen LogP contribution in [0.5, 0.6) is 0 Å². The summed E-state index contributed by atoms with van der Waals surface area (Å²) in [5.41, 5.74) is 1.02. The maximum absolute atomic E-state index is 11.8. The second-order valence-electron chi connectivity index (χ2n) is 4.82. The summed E-state index contributed by atoms with van der Waals surface area (Å²) in [6, 6.07) is 1.62. The van der Waals surface area contributed by atoms with E-state index in [4.69, 9.17) is 4.74 Å². The molecule has 1 amide bonds. The number of carbonyl (C=O) groups excluding carboxylic acids is 2. The van der Waals surface area contributed by atoms with E-state index in [-0.39, 0.29) is 17.9 Å². The number of hydrogen-bond donors (Lipinski definition) is 1. The predicted molar refractivity (Wildman–Crippen MR) is 69.4 cm³/mol. The van der Waals surface area contributed by atoms with E-state index < -0.39 is 5.97 Å². The molecule has 1 aromatic heterocycles. The van der Waals surface area contributed by atoms with E-state index >= 15 is 0 Å². The molecule has 0 fully saturated rings. The fourth-order valence-electron chi connectivity index (χ4n) is 1.40. The molecule has 100 valence electrons. The fourth-order valence-corrected chi connectivity index (χ4v) is 1.40. The summed E-state index contributed by atoms with van der Waals surface area (Å²) >= 11 is 0. The molecule has 0 spiro atoms. The summed E-state index contributed by atoms with van der Waals surface area (Å²) < 4.78 is 6.75. The van der Waals surface area contributed by atoms with Crippen molar-refractivity contribution in [2.45, 2.75) is 33.8 Å². The highest BCUT2D eigenvalue weighted by atomic mass is 16.5. The van der Waals surface area contributed by atoms with Gasteiger partial charge in [-0.05, 0) is 19.9 Å². The van der Waals surface area contributed by atoms with Gasteiger partial charge in [-0.25, -0.2) is 4.79 Å². The Morgan fingerprint density at radius 2 is 1.89 bits per heavy atom. The smallest absolute Gasteiger partial charge is 0.355 e. The number of nitrogens with one attached hydrogen (secondary N) is 1. The lowest BCUT2D eigenvalue weighted by Gasteiger charge is -2.07. The average molecular weight is 252 g/mol. The Morgan fingerprint density at radius 3 is 2.39 bits per heavy atom. The highest BCUT2D eigenvalue weighted by Crippen LogP contribution is 2.15. The molecule has 0 aliphatic rings. The molecule has 1 rings (SSSR count). The van der Waals surface area contributed by atoms with Crippen molar-refractivity contribution in [1.29, 1.82) is 0 Å². The molecule has 5 nitrogen and oxygen atoms in total. The third-order valence-corrected chi connectivity index (χ3v) is 2.35. The summed E-state index contributed by atoms with van der Waals surface area (Å²) in [6.45, 7) is 7.21. The van der Waals surface area contributed by atoms with Gasteiger partial charge in [0, 0.05) is 19.2 Å². The second kappa shape index (κ2) is 5.71. The van der Waals surface area contributed by atoms with Gasteiger partial charge in [0.2, 0.25) is 5.91 Å². The van der Waals surface area contributed by atoms with Crippen LogP contribution in [0.25, 0.3) is 0 Å². The molecule has 0 aliphatic heterocycles. The summed E-state index contributed by atoms with van der Waals surface area (Å²) in [7, 11) is 1.74. The summed E-state index contributed by atoms with van der Waals surface area (Å²) in [6.07, 6.45) is 1.53. The quantitative estimate of drug-likeness (QED) is 0.835. The number of nitrogens with zero attached hydrogens (tertiary/aromatic N) is 1. The van der Waals surface area contributed by atoms with Crippen molar-refractivity contribution in [3.05, 3.63) is 18.0 Å². The summed E-state index contributed by atoms with van der Waals surface area (Å²) in [5.74, 6) is -0.571. The zero-order chi connectivity index (χ0) is 13.9. The zero-order valence-corrected chi connectivity index (χ0v) is 11.5. The molecule has 0 aliphatic carbocycles. The maximum atomic E-state index is 11.8. The molecule has 1 N–H and O–H groups in total. The molecule has 0 unspecified atom stereocenters. The third-order valence-electron chi connectivity index (χ3n) is 2.35. The van der Waals surface area contributed by atoms with Gasteiger partial charge in [0.15, 0.2) is 0 Å². The van der Waals surface area contributed by atoms with Gasteiger partial charge >= 0.3 is 5.97 Å². The van der Waals surface area contributed by atoms with Crippen LogP contribution in [0.4, 0.5) is 5.69 Å². The number of rotatable bonds is 4. The van der Waals surface area contributed by atoms with Gasteiger partial charge in [-0.15, -0.1) is 0 Å². The molecule has 0 saturated carbocycles. The number of aryl methyl sites for hydroxylation is 1. The van der Waals surface area contributed by atoms with Crippen molar-refractivity contribution >= 4 is 17.6 Å². The van der Waals surface area contributed by atoms with E-state index in [1.54, 1.807) is 37.7 Å². The first-order valence-electron chi connectivity index (χ1n) is 5.99. The average Bonchev–Trinajstić information content (AvgIpc) is 2.58. The summed E-state index contributed by atoms with van der Waals surface area (Å²) in [5, 5.41) is 2.74. The number of ether oxygens (including phenoxy) is 1. The van der Waals surface area contributed by atoms with Crippen molar-refractivity contribution in [3.8, 4) is 0 Å². The highest BCUT2D eigenvalue weighted by Gasteiger charge is 2.16. The molecular weight excluding hydrogens is 232 g/mol. The normalized spacial score (nSPS) is 10.8. The summed E-state index contributed by atoms with van der Waals surface area (Å²) in [4.78, 5) is 23.3. The molecule has 1 aromatic rings. The van der Waals surface area contributed by atoms with Crippen LogP contribution in [-0.4, -0.2) is 22.5 Å². The molecule has 0 aromatic carbocycles. The van der Waals surface area contributed by atoms with Gasteiger partial charge in [0.05, 0.1) is 11.8 Å². The van der Waals surface area contributed by atoms with Gasteiger partial charge in [-0.3, -0.25) is 4.79 Å². The minimum atomic E-state index is -0.391. The van der Waals surface area contributed by atoms with Gasteiger partial charge in [-0.1, -0.05) is 13.8 Å². The van der Waals surface area contributed by atoms with E-state index in [9.17, 15) is 9.59 Å². The number of carbonyl (C=O) groups is 2. The number of esters is 1. The molecular formula is C13H20N2O3. The highest BCUT2D eigenvalue weighted by molar-refractivity contribution is 5.95. The molecule has 5 heteroatoms. The predicted octanol–water partition coefficient (Wildman–Crippen LogP) is 2.18. The SMILES string of the molecule is CC(C)OC(=O)c1cc(NC(=O)C(C)C)cn1C. The number of aromatic nitrogens is 1.